The maximum absolute atomic E-state index is 3.77. The van der Waals surface area contributed by atoms with Gasteiger partial charge in [0.2, 0.25) is 0 Å². The highest BCUT2D eigenvalue weighted by molar-refractivity contribution is 9.10. The van der Waals surface area contributed by atoms with E-state index in [0.717, 1.165) is 31.6 Å². The summed E-state index contributed by atoms with van der Waals surface area (Å²) in [7, 11) is 0. The number of nitrogens with one attached hydrogen (secondary N) is 1. The lowest BCUT2D eigenvalue weighted by Crippen LogP contribution is -2.29. The Kier molecular flexibility index (Phi) is 6.72. The lowest BCUT2D eigenvalue weighted by molar-refractivity contribution is 0.225. The Balaban J connectivity index is 1.95. The van der Waals surface area contributed by atoms with Gasteiger partial charge < -0.3 is 5.32 Å². The molecule has 2 nitrogen and oxygen atoms in total. The molecule has 0 heterocycles. The summed E-state index contributed by atoms with van der Waals surface area (Å²) in [4.78, 5) is 2.65. The molecular weight excluding hydrogens is 324 g/mol. The van der Waals surface area contributed by atoms with Crippen LogP contribution in [0.1, 0.15) is 51.2 Å². The molecule has 0 atom stereocenters. The van der Waals surface area contributed by atoms with Crippen LogP contribution >= 0.6 is 15.9 Å². The van der Waals surface area contributed by atoms with Gasteiger partial charge in [-0.05, 0) is 48.9 Å². The van der Waals surface area contributed by atoms with E-state index >= 15 is 0 Å². The van der Waals surface area contributed by atoms with Gasteiger partial charge >= 0.3 is 0 Å². The third-order valence-electron chi connectivity index (χ3n) is 3.91. The van der Waals surface area contributed by atoms with Crippen LogP contribution in [0.25, 0.3) is 0 Å². The molecule has 0 unspecified atom stereocenters. The molecule has 1 saturated carbocycles. The van der Waals surface area contributed by atoms with Gasteiger partial charge in [0.25, 0.3) is 0 Å². The van der Waals surface area contributed by atoms with Crippen molar-refractivity contribution in [3.63, 3.8) is 0 Å². The Bertz CT molecular complexity index is 441. The lowest BCUT2D eigenvalue weighted by Gasteiger charge is -2.24. The highest BCUT2D eigenvalue weighted by Gasteiger charge is 2.29. The number of rotatable bonds is 9. The second-order valence-corrected chi connectivity index (χ2v) is 7.51. The summed E-state index contributed by atoms with van der Waals surface area (Å²) in [5.41, 5.74) is 2.78. The molecule has 0 amide bonds. The monoisotopic (exact) mass is 352 g/mol. The van der Waals surface area contributed by atoms with E-state index in [1.165, 1.54) is 41.4 Å². The SMILES string of the molecule is CCCNCc1ccc(CN(CC(C)C)C2CC2)c(Br)c1. The first-order valence-corrected chi connectivity index (χ1v) is 9.11. The highest BCUT2D eigenvalue weighted by Crippen LogP contribution is 2.30. The standard InChI is InChI=1S/C18H29BrN2/c1-4-9-20-11-15-5-6-16(18(19)10-15)13-21(12-14(2)3)17-7-8-17/h5-6,10,14,17,20H,4,7-9,11-13H2,1-3H3. The minimum Gasteiger partial charge on any atom is -0.313 e. The maximum Gasteiger partial charge on any atom is 0.0247 e. The molecule has 1 aliphatic carbocycles. The van der Waals surface area contributed by atoms with Crippen LogP contribution in [0.2, 0.25) is 0 Å². The molecule has 21 heavy (non-hydrogen) atoms. The van der Waals surface area contributed by atoms with Crippen LogP contribution in [0.15, 0.2) is 22.7 Å². The van der Waals surface area contributed by atoms with Crippen LogP contribution < -0.4 is 5.32 Å². The van der Waals surface area contributed by atoms with Crippen LogP contribution in [-0.2, 0) is 13.1 Å². The molecule has 0 bridgehead atoms. The van der Waals surface area contributed by atoms with E-state index < -0.39 is 0 Å². The molecule has 2 rings (SSSR count). The molecule has 0 radical (unpaired) electrons. The summed E-state index contributed by atoms with van der Waals surface area (Å²) in [5.74, 6) is 0.738. The largest absolute Gasteiger partial charge is 0.313 e. The minimum atomic E-state index is 0.738. The minimum absolute atomic E-state index is 0.738. The first-order valence-electron chi connectivity index (χ1n) is 8.32. The number of nitrogens with zero attached hydrogens (tertiary/aromatic N) is 1. The molecule has 1 aromatic rings. The van der Waals surface area contributed by atoms with Gasteiger partial charge in [-0.1, -0.05) is 48.8 Å². The van der Waals surface area contributed by atoms with E-state index in [4.69, 9.17) is 0 Å². The fraction of sp³-hybridized carbons (Fsp3) is 0.667. The first-order chi connectivity index (χ1) is 10.1. The van der Waals surface area contributed by atoms with Crippen molar-refractivity contribution in [2.75, 3.05) is 13.1 Å². The van der Waals surface area contributed by atoms with E-state index in [0.29, 0.717) is 0 Å². The Morgan fingerprint density at radius 1 is 1.33 bits per heavy atom. The normalized spacial score (nSPS) is 15.1. The van der Waals surface area contributed by atoms with E-state index in [1.54, 1.807) is 0 Å². The summed E-state index contributed by atoms with van der Waals surface area (Å²) in [6.07, 6.45) is 3.94. The van der Waals surface area contributed by atoms with E-state index in [-0.39, 0.29) is 0 Å². The Labute approximate surface area is 138 Å². The molecule has 1 fully saturated rings. The van der Waals surface area contributed by atoms with Crippen molar-refractivity contribution < 1.29 is 0 Å². The third kappa shape index (κ3) is 5.72. The molecule has 0 spiro atoms. The second kappa shape index (κ2) is 8.30. The number of benzene rings is 1. The summed E-state index contributed by atoms with van der Waals surface area (Å²) < 4.78 is 1.26. The summed E-state index contributed by atoms with van der Waals surface area (Å²) in [6, 6.07) is 7.66. The van der Waals surface area contributed by atoms with Crippen molar-refractivity contribution in [3.05, 3.63) is 33.8 Å². The molecule has 1 aromatic carbocycles. The first kappa shape index (κ1) is 17.0. The van der Waals surface area contributed by atoms with Crippen molar-refractivity contribution in [1.82, 2.24) is 10.2 Å². The smallest absolute Gasteiger partial charge is 0.0247 e. The lowest BCUT2D eigenvalue weighted by atomic mass is 10.1. The van der Waals surface area contributed by atoms with Crippen molar-refractivity contribution in [2.24, 2.45) is 5.92 Å². The molecule has 1 aliphatic rings. The maximum atomic E-state index is 3.77. The van der Waals surface area contributed by atoms with Gasteiger partial charge in [-0.2, -0.15) is 0 Å². The summed E-state index contributed by atoms with van der Waals surface area (Å²) >= 11 is 3.77. The number of hydrogen-bond acceptors (Lipinski definition) is 2. The number of hydrogen-bond donors (Lipinski definition) is 1. The predicted octanol–water partition coefficient (Wildman–Crippen LogP) is 4.57. The van der Waals surface area contributed by atoms with Gasteiger partial charge in [0.1, 0.15) is 0 Å². The van der Waals surface area contributed by atoms with E-state index in [2.05, 4.69) is 65.1 Å². The third-order valence-corrected chi connectivity index (χ3v) is 4.65. The summed E-state index contributed by atoms with van der Waals surface area (Å²) in [5, 5.41) is 3.46. The van der Waals surface area contributed by atoms with Crippen molar-refractivity contribution >= 4 is 15.9 Å². The van der Waals surface area contributed by atoms with Crippen molar-refractivity contribution in [2.45, 2.75) is 59.2 Å². The molecule has 1 N–H and O–H groups in total. The fourth-order valence-corrected chi connectivity index (χ4v) is 3.26. The Morgan fingerprint density at radius 2 is 2.10 bits per heavy atom. The summed E-state index contributed by atoms with van der Waals surface area (Å²) in [6.45, 7) is 11.2. The average molecular weight is 353 g/mol. The zero-order valence-electron chi connectivity index (χ0n) is 13.7. The predicted molar refractivity (Wildman–Crippen MR) is 94.4 cm³/mol. The van der Waals surface area contributed by atoms with Crippen molar-refractivity contribution in [3.8, 4) is 0 Å². The second-order valence-electron chi connectivity index (χ2n) is 6.66. The molecule has 0 saturated heterocycles. The molecule has 0 aliphatic heterocycles. The molecule has 118 valence electrons. The average Bonchev–Trinajstić information content (AvgIpc) is 3.25. The molecule has 0 aromatic heterocycles. The zero-order chi connectivity index (χ0) is 15.2. The highest BCUT2D eigenvalue weighted by atomic mass is 79.9. The quantitative estimate of drug-likeness (QED) is 0.654. The van der Waals surface area contributed by atoms with Crippen LogP contribution in [0, 0.1) is 5.92 Å². The van der Waals surface area contributed by atoms with Gasteiger partial charge in [-0.15, -0.1) is 0 Å². The van der Waals surface area contributed by atoms with Gasteiger partial charge in [0, 0.05) is 30.1 Å². The van der Waals surface area contributed by atoms with Gasteiger partial charge in [0.05, 0.1) is 0 Å². The Morgan fingerprint density at radius 3 is 2.67 bits per heavy atom. The van der Waals surface area contributed by atoms with Crippen LogP contribution in [0.4, 0.5) is 0 Å². The van der Waals surface area contributed by atoms with E-state index in [9.17, 15) is 0 Å². The van der Waals surface area contributed by atoms with Crippen molar-refractivity contribution in [1.29, 1.82) is 0 Å². The fourth-order valence-electron chi connectivity index (χ4n) is 2.71. The van der Waals surface area contributed by atoms with Crippen LogP contribution in [0.3, 0.4) is 0 Å². The van der Waals surface area contributed by atoms with E-state index in [1.807, 2.05) is 0 Å². The molecule has 3 heteroatoms. The topological polar surface area (TPSA) is 15.3 Å². The van der Waals surface area contributed by atoms with Gasteiger partial charge in [0.15, 0.2) is 0 Å². The van der Waals surface area contributed by atoms with Gasteiger partial charge in [-0.25, -0.2) is 0 Å². The van der Waals surface area contributed by atoms with Crippen LogP contribution in [-0.4, -0.2) is 24.0 Å². The number of halogens is 1. The Hall–Kier alpha value is -0.380. The zero-order valence-corrected chi connectivity index (χ0v) is 15.2. The van der Waals surface area contributed by atoms with Crippen LogP contribution in [0.5, 0.6) is 0 Å². The molecular formula is C18H29BrN2. The van der Waals surface area contributed by atoms with Gasteiger partial charge in [-0.3, -0.25) is 4.90 Å².